The summed E-state index contributed by atoms with van der Waals surface area (Å²) < 4.78 is 0. The van der Waals surface area contributed by atoms with E-state index >= 15 is 0 Å². The molecule has 0 aromatic heterocycles. The predicted octanol–water partition coefficient (Wildman–Crippen LogP) is 2.12. The van der Waals surface area contributed by atoms with Crippen molar-refractivity contribution < 1.29 is 25.2 Å². The fourth-order valence-electron chi connectivity index (χ4n) is 2.95. The molecule has 0 unspecified atom stereocenters. The van der Waals surface area contributed by atoms with Crippen LogP contribution >= 0.6 is 0 Å². The molecule has 1 heterocycles. The molecule has 5 heteroatoms. The van der Waals surface area contributed by atoms with Crippen LogP contribution < -0.4 is 5.32 Å². The van der Waals surface area contributed by atoms with E-state index in [2.05, 4.69) is 5.32 Å². The maximum Gasteiger partial charge on any atom is 0.0519 e. The van der Waals surface area contributed by atoms with Crippen LogP contribution in [0.3, 0.4) is 0 Å². The van der Waals surface area contributed by atoms with E-state index in [0.717, 1.165) is 25.9 Å². The van der Waals surface area contributed by atoms with Crippen LogP contribution in [0.25, 0.3) is 5.73 Å². The molecule has 16 heavy (non-hydrogen) atoms. The van der Waals surface area contributed by atoms with Crippen molar-refractivity contribution in [1.82, 2.24) is 5.32 Å². The van der Waals surface area contributed by atoms with Gasteiger partial charge in [0.05, 0.1) is 5.91 Å². The second-order valence-corrected chi connectivity index (χ2v) is 4.89. The summed E-state index contributed by atoms with van der Waals surface area (Å²) in [6, 6.07) is 0. The molecule has 2 N–H and O–H groups in total. The summed E-state index contributed by atoms with van der Waals surface area (Å²) in [4.78, 5) is 10.9. The normalized spacial score (nSPS) is 24.2. The molecular weight excluding hydrogens is 629 g/mol. The van der Waals surface area contributed by atoms with Crippen molar-refractivity contribution in [2.24, 2.45) is 11.3 Å². The Bertz CT molecular complexity index is 222. The van der Waals surface area contributed by atoms with Gasteiger partial charge in [-0.3, -0.25) is 0 Å². The Morgan fingerprint density at radius 1 is 1.12 bits per heavy atom. The van der Waals surface area contributed by atoms with Crippen LogP contribution in [0.2, 0.25) is 0 Å². The molecule has 1 aliphatic carbocycles. The third-order valence-corrected chi connectivity index (χ3v) is 4.08. The predicted molar refractivity (Wildman–Crippen MR) is 55.8 cm³/mol. The molecule has 1 saturated heterocycles. The van der Waals surface area contributed by atoms with E-state index in [9.17, 15) is 4.79 Å². The summed E-state index contributed by atoms with van der Waals surface area (Å²) in [6.07, 6.45) is 6.80. The average molecular weight is 648 g/mol. The molecule has 89 valence electrons. The number of piperidine rings is 1. The minimum Gasteiger partial charge on any atom is -0.668 e. The summed E-state index contributed by atoms with van der Waals surface area (Å²) in [5.41, 5.74) is 7.65. The van der Waals surface area contributed by atoms with Gasteiger partial charge in [-0.15, -0.1) is 0 Å². The standard InChI is InChI=1S/C11H20N2O.Re.Rf/c12-10(14)9-1-3-11(4-2-9)5-7-13-8-6-11;;/h9,13H,1-8H2,(H2,12,14);;/p-1. The number of carbonyl (C=O) groups excluding carboxylic acids is 1. The van der Waals surface area contributed by atoms with Crippen molar-refractivity contribution in [2.75, 3.05) is 13.1 Å². The van der Waals surface area contributed by atoms with Gasteiger partial charge in [-0.05, 0) is 57.0 Å². The van der Waals surface area contributed by atoms with E-state index < -0.39 is 0 Å². The van der Waals surface area contributed by atoms with E-state index in [0.29, 0.717) is 5.41 Å². The molecule has 2 aliphatic rings. The Kier molecular flexibility index (Phi) is 5.64. The zero-order chi connectivity index (χ0) is 10.0. The molecule has 1 radical (unpaired) electrons. The molecule has 3 nitrogen and oxygen atoms in total. The summed E-state index contributed by atoms with van der Waals surface area (Å²) in [5.74, 6) is -0.288. The fraction of sp³-hybridized carbons (Fsp3) is 0.909. The van der Waals surface area contributed by atoms with Crippen LogP contribution in [0.4, 0.5) is 0 Å². The van der Waals surface area contributed by atoms with Crippen molar-refractivity contribution in [2.45, 2.75) is 38.5 Å². The number of rotatable bonds is 1. The van der Waals surface area contributed by atoms with E-state index in [1.165, 1.54) is 25.7 Å². The zero-order valence-corrected chi connectivity index (χ0v) is 18.8. The minimum atomic E-state index is -0.339. The minimum absolute atomic E-state index is 0. The third kappa shape index (κ3) is 3.04. The zero-order valence-electron chi connectivity index (χ0n) is 9.73. The molecular formula is C11H19N2OReRf-. The number of hydrogen-bond donors (Lipinski definition) is 1. The Morgan fingerprint density at radius 3 is 2.06 bits per heavy atom. The topological polar surface area (TPSA) is 52.9 Å². The molecule has 0 atom stereocenters. The van der Waals surface area contributed by atoms with Crippen molar-refractivity contribution in [3.63, 3.8) is 0 Å². The van der Waals surface area contributed by atoms with Crippen LogP contribution in [0.15, 0.2) is 0 Å². The first kappa shape index (κ1) is 15.1. The van der Waals surface area contributed by atoms with Crippen molar-refractivity contribution in [3.05, 3.63) is 5.73 Å². The van der Waals surface area contributed by atoms with Gasteiger partial charge < -0.3 is 15.8 Å². The SMILES string of the molecule is [NH-]C(=O)C1CCC2(CCNCC2)CC1.[Re].[Rf]. The van der Waals surface area contributed by atoms with Gasteiger partial charge in [-0.1, -0.05) is 0 Å². The molecule has 2 rings (SSSR count). The van der Waals surface area contributed by atoms with Gasteiger partial charge in [0.1, 0.15) is 0 Å². The number of hydrogen-bond acceptors (Lipinski definition) is 2. The monoisotopic (exact) mass is 649 g/mol. The maximum atomic E-state index is 10.9. The Labute approximate surface area is 105 Å². The summed E-state index contributed by atoms with van der Waals surface area (Å²) in [5, 5.41) is 3.39. The molecule has 1 saturated carbocycles. The Morgan fingerprint density at radius 2 is 1.62 bits per heavy atom. The van der Waals surface area contributed by atoms with Gasteiger partial charge in [0, 0.05) is 26.3 Å². The van der Waals surface area contributed by atoms with Gasteiger partial charge in [0.2, 0.25) is 0 Å². The van der Waals surface area contributed by atoms with Gasteiger partial charge >= 0.3 is 0 Å². The Balaban J connectivity index is 0.00000112. The third-order valence-electron chi connectivity index (χ3n) is 4.08. The maximum absolute atomic E-state index is 10.9. The molecule has 1 spiro atoms. The van der Waals surface area contributed by atoms with Gasteiger partial charge in [0.25, 0.3) is 0 Å². The van der Waals surface area contributed by atoms with Gasteiger partial charge in [0.15, 0.2) is 0 Å². The van der Waals surface area contributed by atoms with Crippen LogP contribution in [0.1, 0.15) is 38.5 Å². The second kappa shape index (κ2) is 5.98. The van der Waals surface area contributed by atoms with Crippen LogP contribution in [-0.4, -0.2) is 19.0 Å². The van der Waals surface area contributed by atoms with Crippen molar-refractivity contribution in [3.8, 4) is 0 Å². The number of nitrogens with one attached hydrogen (secondary N) is 2. The molecule has 2 fully saturated rings. The van der Waals surface area contributed by atoms with E-state index in [-0.39, 0.29) is 32.2 Å². The second-order valence-electron chi connectivity index (χ2n) is 4.89. The molecule has 0 bridgehead atoms. The van der Waals surface area contributed by atoms with Crippen LogP contribution in [-0.2, 0) is 25.2 Å². The average Bonchev–Trinajstić information content (AvgIpc) is 2.19. The van der Waals surface area contributed by atoms with Gasteiger partial charge in [-0.2, -0.15) is 0 Å². The fourth-order valence-corrected chi connectivity index (χ4v) is 2.95. The number of carbonyl (C=O) groups is 1. The molecule has 0 aromatic rings. The summed E-state index contributed by atoms with van der Waals surface area (Å²) in [6.45, 7) is 2.28. The van der Waals surface area contributed by atoms with E-state index in [1.54, 1.807) is 0 Å². The van der Waals surface area contributed by atoms with Crippen LogP contribution in [0, 0.1) is 11.3 Å². The largest absolute Gasteiger partial charge is 0.668 e. The van der Waals surface area contributed by atoms with Crippen LogP contribution in [0.5, 0.6) is 0 Å². The van der Waals surface area contributed by atoms with E-state index in [1.807, 2.05) is 0 Å². The first-order valence-electron chi connectivity index (χ1n) is 5.68. The smallest absolute Gasteiger partial charge is 0.0519 e. The summed E-state index contributed by atoms with van der Waals surface area (Å²) >= 11 is 0. The van der Waals surface area contributed by atoms with Crippen molar-refractivity contribution in [1.29, 1.82) is 0 Å². The first-order valence-corrected chi connectivity index (χ1v) is 5.68. The molecule has 1 aliphatic heterocycles. The van der Waals surface area contributed by atoms with E-state index in [4.69, 9.17) is 5.73 Å². The quantitative estimate of drug-likeness (QED) is 0.474. The first-order chi connectivity index (χ1) is 6.72. The van der Waals surface area contributed by atoms with Gasteiger partial charge in [-0.25, -0.2) is 0 Å². The Hall–Kier alpha value is -0.908. The van der Waals surface area contributed by atoms with Crippen molar-refractivity contribution >= 4 is 5.91 Å². The molecule has 1 amide bonds. The number of amides is 1. The molecule has 0 aromatic carbocycles. The summed E-state index contributed by atoms with van der Waals surface area (Å²) in [7, 11) is 0.